The van der Waals surface area contributed by atoms with Crippen molar-refractivity contribution in [3.05, 3.63) is 23.8 Å². The minimum Gasteiger partial charge on any atom is -0.451 e. The summed E-state index contributed by atoms with van der Waals surface area (Å²) in [5.41, 5.74) is 0.510. The average molecular weight is 248 g/mol. The molecule has 2 fully saturated rings. The molecule has 3 heteroatoms. The molecule has 1 heterocycles. The molecule has 0 aromatic rings. The highest BCUT2D eigenvalue weighted by molar-refractivity contribution is 5.90. The molecule has 18 heavy (non-hydrogen) atoms. The third-order valence-corrected chi connectivity index (χ3v) is 5.18. The van der Waals surface area contributed by atoms with E-state index in [1.807, 2.05) is 6.92 Å². The molecular formula is C15H20O3. The average Bonchev–Trinajstić information content (AvgIpc) is 2.31. The number of hydrogen-bond acceptors (Lipinski definition) is 3. The van der Waals surface area contributed by atoms with Crippen LogP contribution in [-0.2, 0) is 9.53 Å². The van der Waals surface area contributed by atoms with Crippen molar-refractivity contribution in [3.8, 4) is 0 Å². The lowest BCUT2D eigenvalue weighted by Crippen LogP contribution is -2.65. The summed E-state index contributed by atoms with van der Waals surface area (Å²) in [7, 11) is 0. The highest BCUT2D eigenvalue weighted by Crippen LogP contribution is 2.54. The van der Waals surface area contributed by atoms with E-state index in [2.05, 4.69) is 19.6 Å². The molecule has 0 aromatic heterocycles. The van der Waals surface area contributed by atoms with Crippen molar-refractivity contribution in [2.24, 2.45) is 17.8 Å². The number of carbonyl (C=O) groups excluding carboxylic acids is 1. The van der Waals surface area contributed by atoms with Crippen molar-refractivity contribution in [1.29, 1.82) is 0 Å². The second-order valence-electron chi connectivity index (χ2n) is 6.10. The summed E-state index contributed by atoms with van der Waals surface area (Å²) in [4.78, 5) is 11.9. The van der Waals surface area contributed by atoms with Crippen LogP contribution in [0.3, 0.4) is 0 Å². The first kappa shape index (κ1) is 12.0. The van der Waals surface area contributed by atoms with Gasteiger partial charge < -0.3 is 9.84 Å². The predicted octanol–water partition coefficient (Wildman–Crippen LogP) is 2.21. The molecule has 0 bridgehead atoms. The Kier molecular flexibility index (Phi) is 2.46. The van der Waals surface area contributed by atoms with E-state index in [1.165, 1.54) is 0 Å². The van der Waals surface area contributed by atoms with Gasteiger partial charge in [0.25, 0.3) is 0 Å². The number of hydrogen-bond donors (Lipinski definition) is 1. The van der Waals surface area contributed by atoms with Crippen molar-refractivity contribution < 1.29 is 14.6 Å². The number of allylic oxidation sites excluding steroid dienone is 1. The summed E-state index contributed by atoms with van der Waals surface area (Å²) in [6.07, 6.45) is 4.41. The molecule has 1 saturated heterocycles. The smallest absolute Gasteiger partial charge is 0.334 e. The summed E-state index contributed by atoms with van der Waals surface area (Å²) in [5, 5.41) is 11.2. The monoisotopic (exact) mass is 248 g/mol. The van der Waals surface area contributed by atoms with E-state index in [-0.39, 0.29) is 17.8 Å². The van der Waals surface area contributed by atoms with E-state index in [1.54, 1.807) is 0 Å². The summed E-state index contributed by atoms with van der Waals surface area (Å²) >= 11 is 0. The van der Waals surface area contributed by atoms with Crippen LogP contribution < -0.4 is 0 Å². The van der Waals surface area contributed by atoms with E-state index >= 15 is 0 Å². The molecular weight excluding hydrogens is 228 g/mol. The summed E-state index contributed by atoms with van der Waals surface area (Å²) in [5.74, 6) is 0.170. The molecule has 0 unspecified atom stereocenters. The Labute approximate surface area is 108 Å². The molecule has 98 valence electrons. The highest BCUT2D eigenvalue weighted by Gasteiger charge is 2.61. The van der Waals surface area contributed by atoms with Gasteiger partial charge in [0.05, 0.1) is 0 Å². The quantitative estimate of drug-likeness (QED) is 0.406. The van der Waals surface area contributed by atoms with E-state index in [0.29, 0.717) is 11.5 Å². The topological polar surface area (TPSA) is 46.5 Å². The highest BCUT2D eigenvalue weighted by atomic mass is 16.6. The van der Waals surface area contributed by atoms with Crippen molar-refractivity contribution in [3.63, 3.8) is 0 Å². The Bertz CT molecular complexity index is 451. The molecule has 2 aliphatic carbocycles. The molecule has 1 aliphatic heterocycles. The zero-order valence-electron chi connectivity index (χ0n) is 11.0. The SMILES string of the molecule is C=C1C(=O)O[C@@H]2C(C)=CC[C@H]3[C@H](C)CC[C@@H]1[C@@]23O. The summed E-state index contributed by atoms with van der Waals surface area (Å²) < 4.78 is 5.45. The van der Waals surface area contributed by atoms with Gasteiger partial charge in [0.2, 0.25) is 0 Å². The Morgan fingerprint density at radius 2 is 2.22 bits per heavy atom. The fraction of sp³-hybridized carbons (Fsp3) is 0.667. The zero-order chi connectivity index (χ0) is 13.1. The van der Waals surface area contributed by atoms with Gasteiger partial charge in [-0.05, 0) is 43.6 Å². The van der Waals surface area contributed by atoms with Crippen molar-refractivity contribution in [1.82, 2.24) is 0 Å². The van der Waals surface area contributed by atoms with Gasteiger partial charge in [-0.3, -0.25) is 0 Å². The molecule has 1 N–H and O–H groups in total. The second-order valence-corrected chi connectivity index (χ2v) is 6.10. The third-order valence-electron chi connectivity index (χ3n) is 5.18. The van der Waals surface area contributed by atoms with Gasteiger partial charge in [0.1, 0.15) is 5.60 Å². The predicted molar refractivity (Wildman–Crippen MR) is 67.7 cm³/mol. The van der Waals surface area contributed by atoms with Crippen LogP contribution in [0, 0.1) is 17.8 Å². The lowest BCUT2D eigenvalue weighted by molar-refractivity contribution is -0.206. The van der Waals surface area contributed by atoms with Crippen LogP contribution in [0.15, 0.2) is 23.8 Å². The van der Waals surface area contributed by atoms with E-state index in [4.69, 9.17) is 4.74 Å². The Balaban J connectivity index is 2.12. The number of carbonyl (C=O) groups is 1. The first-order valence-corrected chi connectivity index (χ1v) is 6.75. The van der Waals surface area contributed by atoms with Gasteiger partial charge in [0, 0.05) is 11.5 Å². The molecule has 1 saturated carbocycles. The summed E-state index contributed by atoms with van der Waals surface area (Å²) in [6, 6.07) is 0. The molecule has 0 radical (unpaired) electrons. The fourth-order valence-corrected chi connectivity index (χ4v) is 4.12. The molecule has 0 amide bonds. The van der Waals surface area contributed by atoms with Gasteiger partial charge in [-0.2, -0.15) is 0 Å². The van der Waals surface area contributed by atoms with E-state index in [9.17, 15) is 9.90 Å². The zero-order valence-corrected chi connectivity index (χ0v) is 11.0. The van der Waals surface area contributed by atoms with Crippen molar-refractivity contribution in [2.75, 3.05) is 0 Å². The molecule has 0 aromatic carbocycles. The van der Waals surface area contributed by atoms with Crippen LogP contribution in [-0.4, -0.2) is 22.8 Å². The van der Waals surface area contributed by atoms with Crippen LogP contribution in [0.5, 0.6) is 0 Å². The van der Waals surface area contributed by atoms with Crippen molar-refractivity contribution >= 4 is 5.97 Å². The van der Waals surface area contributed by atoms with Crippen LogP contribution in [0.4, 0.5) is 0 Å². The van der Waals surface area contributed by atoms with E-state index in [0.717, 1.165) is 24.8 Å². The van der Waals surface area contributed by atoms with Crippen LogP contribution in [0.2, 0.25) is 0 Å². The minimum atomic E-state index is -0.929. The lowest BCUT2D eigenvalue weighted by atomic mass is 9.55. The lowest BCUT2D eigenvalue weighted by Gasteiger charge is -2.56. The number of ether oxygens (including phenoxy) is 1. The van der Waals surface area contributed by atoms with Crippen LogP contribution in [0.1, 0.15) is 33.1 Å². The number of aliphatic hydroxyl groups is 1. The molecule has 5 atom stereocenters. The largest absolute Gasteiger partial charge is 0.451 e. The number of rotatable bonds is 0. The van der Waals surface area contributed by atoms with Crippen LogP contribution in [0.25, 0.3) is 0 Å². The fourth-order valence-electron chi connectivity index (χ4n) is 4.12. The normalized spacial score (nSPS) is 47.2. The molecule has 3 rings (SSSR count). The number of esters is 1. The molecule has 3 nitrogen and oxygen atoms in total. The van der Waals surface area contributed by atoms with Gasteiger partial charge in [-0.15, -0.1) is 0 Å². The maximum atomic E-state index is 11.9. The van der Waals surface area contributed by atoms with Crippen molar-refractivity contribution in [2.45, 2.75) is 44.8 Å². The summed E-state index contributed by atoms with van der Waals surface area (Å²) in [6.45, 7) is 7.97. The standard InChI is InChI=1S/C15H20O3/c1-8-4-7-12-10(3)14(16)18-13-9(2)5-6-11(8)15(12,13)17/h5,8,11-13,17H,3-4,6-7H2,1-2H3/t8-,11+,12+,13-,15-/m1/s1. The second kappa shape index (κ2) is 3.70. The molecule has 0 spiro atoms. The van der Waals surface area contributed by atoms with Gasteiger partial charge >= 0.3 is 5.97 Å². The van der Waals surface area contributed by atoms with Gasteiger partial charge in [-0.25, -0.2) is 4.79 Å². The minimum absolute atomic E-state index is 0.131. The Hall–Kier alpha value is -1.09. The maximum absolute atomic E-state index is 11.9. The maximum Gasteiger partial charge on any atom is 0.334 e. The van der Waals surface area contributed by atoms with E-state index < -0.39 is 11.7 Å². The first-order chi connectivity index (χ1) is 8.46. The first-order valence-electron chi connectivity index (χ1n) is 6.75. The molecule has 3 aliphatic rings. The Morgan fingerprint density at radius 1 is 1.50 bits per heavy atom. The third kappa shape index (κ3) is 1.31. The van der Waals surface area contributed by atoms with Crippen LogP contribution >= 0.6 is 0 Å². The van der Waals surface area contributed by atoms with Gasteiger partial charge in [-0.1, -0.05) is 19.6 Å². The Morgan fingerprint density at radius 3 is 2.94 bits per heavy atom. The van der Waals surface area contributed by atoms with Gasteiger partial charge in [0.15, 0.2) is 6.10 Å².